The van der Waals surface area contributed by atoms with Crippen molar-refractivity contribution in [2.24, 2.45) is 0 Å². The van der Waals surface area contributed by atoms with Crippen LogP contribution in [0.2, 0.25) is 25.2 Å². The van der Waals surface area contributed by atoms with Gasteiger partial charge in [-0.2, -0.15) is 21.6 Å². The van der Waals surface area contributed by atoms with Crippen LogP contribution in [-0.2, 0) is 10.1 Å². The van der Waals surface area contributed by atoms with Gasteiger partial charge in [-0.05, 0) is 35.6 Å². The second-order valence-electron chi connectivity index (χ2n) is 6.37. The molecule has 8 heteroatoms. The van der Waals surface area contributed by atoms with Crippen molar-refractivity contribution in [1.82, 2.24) is 0 Å². The molecule has 2 rings (SSSR count). The second kappa shape index (κ2) is 5.01. The number of alkyl halides is 3. The number of halogens is 3. The van der Waals surface area contributed by atoms with Crippen LogP contribution >= 0.6 is 0 Å². The molecule has 1 fully saturated rings. The minimum Gasteiger partial charge on any atom is -0.376 e. The molecule has 1 aliphatic carbocycles. The molecule has 0 bridgehead atoms. The van der Waals surface area contributed by atoms with Crippen molar-refractivity contribution in [1.29, 1.82) is 0 Å². The Morgan fingerprint density at radius 3 is 2.05 bits per heavy atom. The summed E-state index contributed by atoms with van der Waals surface area (Å²) in [6.45, 7) is 6.85. The van der Waals surface area contributed by atoms with E-state index in [1.165, 1.54) is 12.1 Å². The van der Waals surface area contributed by atoms with Crippen LogP contribution in [0.3, 0.4) is 0 Å². The molecule has 0 amide bonds. The third-order valence-corrected chi connectivity index (χ3v) is 7.54. The van der Waals surface area contributed by atoms with Crippen LogP contribution in [0, 0.1) is 0 Å². The lowest BCUT2D eigenvalue weighted by atomic mass is 10.1. The Balaban J connectivity index is 2.08. The van der Waals surface area contributed by atoms with E-state index in [1.54, 1.807) is 12.1 Å². The summed E-state index contributed by atoms with van der Waals surface area (Å²) in [5, 5.41) is 0. The third kappa shape index (κ3) is 3.60. The van der Waals surface area contributed by atoms with Crippen molar-refractivity contribution >= 4 is 18.2 Å². The van der Waals surface area contributed by atoms with Crippen LogP contribution in [0.5, 0.6) is 5.75 Å². The molecule has 0 saturated heterocycles. The monoisotopic (exact) mass is 338 g/mol. The summed E-state index contributed by atoms with van der Waals surface area (Å²) in [5.74, 6) is 0.117. The number of rotatable bonds is 4. The standard InChI is InChI=1S/C13H17F3O3SSi/c1-21(2,3)12-8-11(12)9-4-6-10(7-5-9)19-20(17,18)13(14,15)16/h4-7,11-12H,8H2,1-3H3. The number of benzene rings is 1. The highest BCUT2D eigenvalue weighted by atomic mass is 32.2. The Bertz CT molecular complexity index is 618. The minimum atomic E-state index is -5.60. The van der Waals surface area contributed by atoms with Crippen LogP contribution in [-0.4, -0.2) is 22.0 Å². The maximum Gasteiger partial charge on any atom is 0.534 e. The Kier molecular flexibility index (Phi) is 3.90. The second-order valence-corrected chi connectivity index (χ2v) is 13.4. The molecular weight excluding hydrogens is 321 g/mol. The van der Waals surface area contributed by atoms with Gasteiger partial charge in [0.2, 0.25) is 0 Å². The molecule has 2 unspecified atom stereocenters. The first-order valence-corrected chi connectivity index (χ1v) is 11.5. The van der Waals surface area contributed by atoms with Crippen molar-refractivity contribution in [2.75, 3.05) is 0 Å². The van der Waals surface area contributed by atoms with Gasteiger partial charge in [0, 0.05) is 8.07 Å². The highest BCUT2D eigenvalue weighted by Crippen LogP contribution is 2.58. The molecule has 0 spiro atoms. The molecule has 0 heterocycles. The van der Waals surface area contributed by atoms with Gasteiger partial charge >= 0.3 is 15.6 Å². The molecular formula is C13H17F3O3SSi. The zero-order valence-electron chi connectivity index (χ0n) is 11.9. The van der Waals surface area contributed by atoms with E-state index in [0.717, 1.165) is 12.0 Å². The minimum absolute atomic E-state index is 0.318. The summed E-state index contributed by atoms with van der Waals surface area (Å²) in [6.07, 6.45) is 1.09. The van der Waals surface area contributed by atoms with Gasteiger partial charge in [0.05, 0.1) is 0 Å². The molecule has 0 aromatic heterocycles. The molecule has 1 saturated carbocycles. The zero-order chi connectivity index (χ0) is 16.1. The maximum absolute atomic E-state index is 12.2. The van der Waals surface area contributed by atoms with E-state index in [0.29, 0.717) is 11.5 Å². The first-order chi connectivity index (χ1) is 9.42. The van der Waals surface area contributed by atoms with Crippen LogP contribution in [0.25, 0.3) is 0 Å². The highest BCUT2D eigenvalue weighted by Gasteiger charge is 2.49. The van der Waals surface area contributed by atoms with Crippen LogP contribution in [0.15, 0.2) is 24.3 Å². The SMILES string of the molecule is C[Si](C)(C)C1CC1c1ccc(OS(=O)(=O)C(F)(F)F)cc1. The van der Waals surface area contributed by atoms with E-state index >= 15 is 0 Å². The molecule has 1 aromatic carbocycles. The first-order valence-electron chi connectivity index (χ1n) is 6.52. The number of hydrogen-bond acceptors (Lipinski definition) is 3. The van der Waals surface area contributed by atoms with E-state index < -0.39 is 23.7 Å². The van der Waals surface area contributed by atoms with Gasteiger partial charge in [-0.1, -0.05) is 31.8 Å². The predicted molar refractivity (Wildman–Crippen MR) is 76.5 cm³/mol. The van der Waals surface area contributed by atoms with Crippen molar-refractivity contribution < 1.29 is 25.8 Å². The lowest BCUT2D eigenvalue weighted by Gasteiger charge is -2.15. The quantitative estimate of drug-likeness (QED) is 0.471. The fraction of sp³-hybridized carbons (Fsp3) is 0.538. The summed E-state index contributed by atoms with van der Waals surface area (Å²) in [4.78, 5) is 0. The average molecular weight is 338 g/mol. The van der Waals surface area contributed by atoms with Crippen LogP contribution in [0.4, 0.5) is 13.2 Å². The fourth-order valence-electron chi connectivity index (χ4n) is 2.47. The predicted octanol–water partition coefficient (Wildman–Crippen LogP) is 4.11. The molecule has 1 aromatic rings. The van der Waals surface area contributed by atoms with E-state index in [4.69, 9.17) is 0 Å². The smallest absolute Gasteiger partial charge is 0.376 e. The Hall–Kier alpha value is -1.02. The third-order valence-electron chi connectivity index (χ3n) is 3.70. The topological polar surface area (TPSA) is 43.4 Å². The van der Waals surface area contributed by atoms with Gasteiger partial charge in [0.25, 0.3) is 0 Å². The molecule has 0 N–H and O–H groups in total. The molecule has 118 valence electrons. The normalized spacial score (nSPS) is 23.0. The van der Waals surface area contributed by atoms with Gasteiger partial charge < -0.3 is 4.18 Å². The van der Waals surface area contributed by atoms with Crippen molar-refractivity contribution in [3.63, 3.8) is 0 Å². The lowest BCUT2D eigenvalue weighted by molar-refractivity contribution is -0.0500. The highest BCUT2D eigenvalue weighted by molar-refractivity contribution is 7.88. The van der Waals surface area contributed by atoms with E-state index in [2.05, 4.69) is 23.8 Å². The largest absolute Gasteiger partial charge is 0.534 e. The Morgan fingerprint density at radius 2 is 1.67 bits per heavy atom. The maximum atomic E-state index is 12.2. The average Bonchev–Trinajstić information content (AvgIpc) is 3.07. The molecule has 2 atom stereocenters. The first kappa shape index (κ1) is 16.3. The number of hydrogen-bond donors (Lipinski definition) is 0. The van der Waals surface area contributed by atoms with Gasteiger partial charge in [-0.15, -0.1) is 0 Å². The summed E-state index contributed by atoms with van der Waals surface area (Å²) in [6, 6.07) is 5.84. The summed E-state index contributed by atoms with van der Waals surface area (Å²) < 4.78 is 62.5. The molecule has 3 nitrogen and oxygen atoms in total. The van der Waals surface area contributed by atoms with Gasteiger partial charge in [0.1, 0.15) is 5.75 Å². The van der Waals surface area contributed by atoms with Gasteiger partial charge in [-0.3, -0.25) is 0 Å². The summed E-state index contributed by atoms with van der Waals surface area (Å²) in [7, 11) is -6.82. The molecule has 0 radical (unpaired) electrons. The van der Waals surface area contributed by atoms with E-state index in [1.807, 2.05) is 0 Å². The van der Waals surface area contributed by atoms with Crippen molar-refractivity contribution in [3.8, 4) is 5.75 Å². The van der Waals surface area contributed by atoms with Gasteiger partial charge in [-0.25, -0.2) is 0 Å². The molecule has 0 aliphatic heterocycles. The van der Waals surface area contributed by atoms with Crippen LogP contribution < -0.4 is 4.18 Å². The molecule has 1 aliphatic rings. The Morgan fingerprint density at radius 1 is 1.14 bits per heavy atom. The van der Waals surface area contributed by atoms with Crippen LogP contribution in [0.1, 0.15) is 17.9 Å². The summed E-state index contributed by atoms with van der Waals surface area (Å²) in [5.41, 5.74) is -3.71. The lowest BCUT2D eigenvalue weighted by Crippen LogP contribution is -2.28. The fourth-order valence-corrected chi connectivity index (χ4v) is 5.28. The molecule has 21 heavy (non-hydrogen) atoms. The van der Waals surface area contributed by atoms with Gasteiger partial charge in [0.15, 0.2) is 0 Å². The van der Waals surface area contributed by atoms with Crippen molar-refractivity contribution in [2.45, 2.75) is 43.0 Å². The zero-order valence-corrected chi connectivity index (χ0v) is 13.8. The summed E-state index contributed by atoms with van der Waals surface area (Å²) >= 11 is 0. The van der Waals surface area contributed by atoms with E-state index in [9.17, 15) is 21.6 Å². The van der Waals surface area contributed by atoms with Crippen molar-refractivity contribution in [3.05, 3.63) is 29.8 Å². The Labute approximate surface area is 123 Å². The van der Waals surface area contributed by atoms with E-state index in [-0.39, 0.29) is 5.75 Å².